The van der Waals surface area contributed by atoms with E-state index in [4.69, 9.17) is 33.0 Å². The summed E-state index contributed by atoms with van der Waals surface area (Å²) in [5, 5.41) is 12.3. The van der Waals surface area contributed by atoms with Crippen molar-refractivity contribution in [3.05, 3.63) is 69.5 Å². The second kappa shape index (κ2) is 7.61. The highest BCUT2D eigenvalue weighted by molar-refractivity contribution is 6.30. The number of halogens is 3. The van der Waals surface area contributed by atoms with Gasteiger partial charge in [-0.25, -0.2) is 4.39 Å². The van der Waals surface area contributed by atoms with Crippen LogP contribution in [0.3, 0.4) is 0 Å². The molecule has 0 bridgehead atoms. The average Bonchev–Trinajstić information content (AvgIpc) is 2.56. The number of hydrogen-bond donors (Lipinski definition) is 2. The van der Waals surface area contributed by atoms with Gasteiger partial charge >= 0.3 is 5.97 Å². The number of carbonyl (C=O) groups is 2. The lowest BCUT2D eigenvalue weighted by Crippen LogP contribution is -2.48. The van der Waals surface area contributed by atoms with E-state index >= 15 is 0 Å². The van der Waals surface area contributed by atoms with Gasteiger partial charge in [0.05, 0.1) is 12.5 Å². The van der Waals surface area contributed by atoms with Crippen molar-refractivity contribution in [1.82, 2.24) is 5.32 Å². The number of aliphatic carboxylic acids is 1. The monoisotopic (exact) mass is 397 g/mol. The van der Waals surface area contributed by atoms with E-state index in [9.17, 15) is 14.0 Å². The van der Waals surface area contributed by atoms with Gasteiger partial charge in [0, 0.05) is 15.6 Å². The fourth-order valence-electron chi connectivity index (χ4n) is 2.89. The van der Waals surface area contributed by atoms with Crippen LogP contribution < -0.4 is 5.32 Å². The molecule has 1 aliphatic rings. The summed E-state index contributed by atoms with van der Waals surface area (Å²) in [4.78, 5) is 23.3. The van der Waals surface area contributed by atoms with Crippen molar-refractivity contribution in [3.8, 4) is 0 Å². The molecule has 26 heavy (non-hydrogen) atoms. The maximum absolute atomic E-state index is 14.4. The van der Waals surface area contributed by atoms with Crippen LogP contribution in [-0.4, -0.2) is 23.1 Å². The van der Waals surface area contributed by atoms with Crippen LogP contribution in [0.25, 0.3) is 0 Å². The number of rotatable bonds is 4. The Morgan fingerprint density at radius 3 is 2.58 bits per heavy atom. The number of hydrogen-bond acceptors (Lipinski definition) is 3. The topological polar surface area (TPSA) is 75.6 Å². The highest BCUT2D eigenvalue weighted by Gasteiger charge is 2.40. The fourth-order valence-corrected chi connectivity index (χ4v) is 3.25. The largest absolute Gasteiger partial charge is 0.481 e. The van der Waals surface area contributed by atoms with E-state index in [1.54, 1.807) is 24.3 Å². The first kappa shape index (κ1) is 18.6. The Kier molecular flexibility index (Phi) is 5.46. The van der Waals surface area contributed by atoms with Crippen LogP contribution in [0.15, 0.2) is 42.5 Å². The van der Waals surface area contributed by atoms with Crippen LogP contribution in [0.1, 0.15) is 29.7 Å². The molecule has 0 aliphatic carbocycles. The Morgan fingerprint density at radius 1 is 1.19 bits per heavy atom. The molecule has 2 aromatic rings. The molecular formula is C18H14Cl2FNO4. The quantitative estimate of drug-likeness (QED) is 0.819. The molecule has 5 nitrogen and oxygen atoms in total. The zero-order chi connectivity index (χ0) is 18.8. The molecule has 3 atom stereocenters. The lowest BCUT2D eigenvalue weighted by molar-refractivity contribution is -0.159. The minimum Gasteiger partial charge on any atom is -0.481 e. The number of carbonyl (C=O) groups excluding carboxylic acids is 1. The Balaban J connectivity index is 2.02. The maximum atomic E-state index is 14.4. The second-order valence-corrected chi connectivity index (χ2v) is 6.72. The normalized spacial score (nSPS) is 22.7. The van der Waals surface area contributed by atoms with Crippen LogP contribution in [0.4, 0.5) is 4.39 Å². The molecule has 0 saturated carbocycles. The predicted octanol–water partition coefficient (Wildman–Crippen LogP) is 3.90. The predicted molar refractivity (Wildman–Crippen MR) is 93.6 cm³/mol. The summed E-state index contributed by atoms with van der Waals surface area (Å²) in [5.74, 6) is -2.40. The summed E-state index contributed by atoms with van der Waals surface area (Å²) in [6, 6.07) is 9.95. The van der Waals surface area contributed by atoms with Gasteiger partial charge in [-0.1, -0.05) is 41.4 Å². The maximum Gasteiger partial charge on any atom is 0.306 e. The molecule has 1 heterocycles. The van der Waals surface area contributed by atoms with Gasteiger partial charge in [0.1, 0.15) is 18.0 Å². The lowest BCUT2D eigenvalue weighted by Gasteiger charge is -2.37. The molecule has 136 valence electrons. The summed E-state index contributed by atoms with van der Waals surface area (Å²) in [7, 11) is 0. The van der Waals surface area contributed by atoms with Crippen molar-refractivity contribution in [2.45, 2.75) is 24.7 Å². The molecule has 0 unspecified atom stereocenters. The summed E-state index contributed by atoms with van der Waals surface area (Å²) < 4.78 is 20.2. The zero-order valence-corrected chi connectivity index (χ0v) is 14.8. The molecule has 1 aliphatic heterocycles. The summed E-state index contributed by atoms with van der Waals surface area (Å²) in [6.45, 7) is 0. The molecule has 2 aromatic carbocycles. The number of benzene rings is 2. The Labute approximate surface area is 158 Å². The first-order valence-corrected chi connectivity index (χ1v) is 8.49. The smallest absolute Gasteiger partial charge is 0.306 e. The number of morpholine rings is 1. The molecule has 1 amide bonds. The van der Waals surface area contributed by atoms with Gasteiger partial charge < -0.3 is 15.2 Å². The first-order valence-electron chi connectivity index (χ1n) is 7.73. The molecule has 8 heteroatoms. The third-order valence-electron chi connectivity index (χ3n) is 4.04. The van der Waals surface area contributed by atoms with Gasteiger partial charge in [-0.15, -0.1) is 0 Å². The van der Waals surface area contributed by atoms with Crippen molar-refractivity contribution < 1.29 is 23.8 Å². The fraction of sp³-hybridized carbons (Fsp3) is 0.222. The number of amides is 1. The minimum atomic E-state index is -1.19. The number of ether oxygens (including phenoxy) is 1. The molecule has 1 fully saturated rings. The van der Waals surface area contributed by atoms with Gasteiger partial charge in [-0.2, -0.15) is 0 Å². The van der Waals surface area contributed by atoms with E-state index in [-0.39, 0.29) is 10.6 Å². The second-order valence-electron chi connectivity index (χ2n) is 5.85. The number of nitrogens with one attached hydrogen (secondary N) is 1. The van der Waals surface area contributed by atoms with E-state index in [0.29, 0.717) is 10.6 Å². The van der Waals surface area contributed by atoms with Gasteiger partial charge in [-0.05, 0) is 29.8 Å². The summed E-state index contributed by atoms with van der Waals surface area (Å²) in [6.07, 6.45) is -2.51. The standard InChI is InChI=1S/C18H14Cl2FNO4/c19-10-3-1-2-9(6-10)17-16(12-5-4-11(20)7-13(12)21)22-18(25)14(26-17)8-15(23)24/h1-7,14,16-17H,8H2,(H,22,25)(H,23,24)/t14-,16+,17+/m0/s1. The third kappa shape index (κ3) is 3.98. The van der Waals surface area contributed by atoms with Crippen molar-refractivity contribution in [2.24, 2.45) is 0 Å². The van der Waals surface area contributed by atoms with E-state index < -0.39 is 42.4 Å². The van der Waals surface area contributed by atoms with Crippen molar-refractivity contribution in [2.75, 3.05) is 0 Å². The molecule has 1 saturated heterocycles. The molecular weight excluding hydrogens is 384 g/mol. The van der Waals surface area contributed by atoms with E-state index in [1.807, 2.05) is 0 Å². The van der Waals surface area contributed by atoms with Gasteiger partial charge in [-0.3, -0.25) is 9.59 Å². The van der Waals surface area contributed by atoms with Crippen molar-refractivity contribution >= 4 is 35.1 Å². The SMILES string of the molecule is O=C(O)C[C@@H]1O[C@H](c2cccc(Cl)c2)[C@@H](c2ccc(Cl)cc2F)NC1=O. The molecule has 0 radical (unpaired) electrons. The third-order valence-corrected chi connectivity index (χ3v) is 4.51. The van der Waals surface area contributed by atoms with Crippen LogP contribution in [-0.2, 0) is 14.3 Å². The minimum absolute atomic E-state index is 0.182. The van der Waals surface area contributed by atoms with Crippen molar-refractivity contribution in [1.29, 1.82) is 0 Å². The Morgan fingerprint density at radius 2 is 1.92 bits per heavy atom. The van der Waals surface area contributed by atoms with E-state index in [2.05, 4.69) is 5.32 Å². The molecule has 0 spiro atoms. The van der Waals surface area contributed by atoms with E-state index in [1.165, 1.54) is 12.1 Å². The van der Waals surface area contributed by atoms with Gasteiger partial charge in [0.15, 0.2) is 0 Å². The average molecular weight is 398 g/mol. The molecule has 3 rings (SSSR count). The number of carboxylic acid groups (broad SMARTS) is 1. The molecule has 0 aromatic heterocycles. The summed E-state index contributed by atoms with van der Waals surface area (Å²) in [5.41, 5.74) is 0.772. The zero-order valence-electron chi connectivity index (χ0n) is 13.3. The van der Waals surface area contributed by atoms with E-state index in [0.717, 1.165) is 6.07 Å². The Bertz CT molecular complexity index is 861. The number of carboxylic acids is 1. The van der Waals surface area contributed by atoms with Crippen molar-refractivity contribution in [3.63, 3.8) is 0 Å². The first-order chi connectivity index (χ1) is 12.3. The van der Waals surface area contributed by atoms with Crippen LogP contribution in [0.5, 0.6) is 0 Å². The van der Waals surface area contributed by atoms with Crippen LogP contribution in [0, 0.1) is 5.82 Å². The highest BCUT2D eigenvalue weighted by Crippen LogP contribution is 2.39. The Hall–Kier alpha value is -2.15. The van der Waals surface area contributed by atoms with Gasteiger partial charge in [0.25, 0.3) is 0 Å². The van der Waals surface area contributed by atoms with Crippen LogP contribution in [0.2, 0.25) is 10.0 Å². The molecule has 2 N–H and O–H groups in total. The summed E-state index contributed by atoms with van der Waals surface area (Å²) >= 11 is 11.8. The van der Waals surface area contributed by atoms with Gasteiger partial charge in [0.2, 0.25) is 5.91 Å². The highest BCUT2D eigenvalue weighted by atomic mass is 35.5. The van der Waals surface area contributed by atoms with Crippen LogP contribution >= 0.6 is 23.2 Å². The lowest BCUT2D eigenvalue weighted by atomic mass is 9.92.